The molecule has 3 nitrogen and oxygen atoms in total. The van der Waals surface area contributed by atoms with E-state index in [2.05, 4.69) is 11.2 Å². The molecule has 0 aromatic rings. The van der Waals surface area contributed by atoms with Crippen LogP contribution in [0.1, 0.15) is 39.0 Å². The van der Waals surface area contributed by atoms with E-state index in [1.807, 2.05) is 11.8 Å². The van der Waals surface area contributed by atoms with Gasteiger partial charge in [0.15, 0.2) is 0 Å². The number of rotatable bonds is 5. The molecule has 0 aliphatic carbocycles. The van der Waals surface area contributed by atoms with E-state index in [-0.39, 0.29) is 11.9 Å². The zero-order valence-electron chi connectivity index (χ0n) is 10.2. The second kappa shape index (κ2) is 7.29. The maximum absolute atomic E-state index is 11.8. The molecule has 0 aromatic heterocycles. The molecule has 0 bridgehead atoms. The average Bonchev–Trinajstić information content (AvgIpc) is 2.35. The Kier molecular flexibility index (Phi) is 5.95. The minimum absolute atomic E-state index is 0.106. The van der Waals surface area contributed by atoms with Gasteiger partial charge < -0.3 is 10.2 Å². The fraction of sp³-hybridized carbons (Fsp3) is 0.769. The standard InChI is InChI=1S/C13H22N2O/c1-3-12(4-2)14-9-8-13(16)15-10-6-5-7-11-15/h1,12,14H,4-11H2,2H3. The van der Waals surface area contributed by atoms with Crippen LogP contribution in [-0.4, -0.2) is 36.5 Å². The van der Waals surface area contributed by atoms with Crippen molar-refractivity contribution in [2.24, 2.45) is 0 Å². The minimum atomic E-state index is 0.106. The molecule has 1 atom stereocenters. The van der Waals surface area contributed by atoms with Crippen LogP contribution in [0.5, 0.6) is 0 Å². The molecule has 16 heavy (non-hydrogen) atoms. The molecule has 1 aliphatic heterocycles. The number of hydrogen-bond donors (Lipinski definition) is 1. The van der Waals surface area contributed by atoms with Gasteiger partial charge in [-0.25, -0.2) is 0 Å². The lowest BCUT2D eigenvalue weighted by Gasteiger charge is -2.26. The molecule has 0 radical (unpaired) electrons. The highest BCUT2D eigenvalue weighted by atomic mass is 16.2. The quantitative estimate of drug-likeness (QED) is 0.713. The molecular formula is C13H22N2O. The summed E-state index contributed by atoms with van der Waals surface area (Å²) in [5.41, 5.74) is 0. The lowest BCUT2D eigenvalue weighted by Crippen LogP contribution is -2.38. The number of piperidine rings is 1. The summed E-state index contributed by atoms with van der Waals surface area (Å²) in [7, 11) is 0. The van der Waals surface area contributed by atoms with Crippen molar-refractivity contribution in [1.29, 1.82) is 0 Å². The third-order valence-corrected chi connectivity index (χ3v) is 3.05. The van der Waals surface area contributed by atoms with Crippen LogP contribution in [0, 0.1) is 12.3 Å². The Balaban J connectivity index is 2.17. The highest BCUT2D eigenvalue weighted by Gasteiger charge is 2.15. The lowest BCUT2D eigenvalue weighted by atomic mass is 10.1. The Hall–Kier alpha value is -1.01. The van der Waals surface area contributed by atoms with Crippen LogP contribution in [0.2, 0.25) is 0 Å². The Bertz CT molecular complexity index is 251. The number of nitrogens with zero attached hydrogens (tertiary/aromatic N) is 1. The van der Waals surface area contributed by atoms with Crippen molar-refractivity contribution in [3.63, 3.8) is 0 Å². The summed E-state index contributed by atoms with van der Waals surface area (Å²) in [6.45, 7) is 4.61. The molecule has 1 saturated heterocycles. The van der Waals surface area contributed by atoms with Crippen LogP contribution in [0.15, 0.2) is 0 Å². The second-order valence-electron chi connectivity index (χ2n) is 4.27. The van der Waals surface area contributed by atoms with Crippen LogP contribution >= 0.6 is 0 Å². The molecule has 90 valence electrons. The van der Waals surface area contributed by atoms with E-state index >= 15 is 0 Å². The van der Waals surface area contributed by atoms with Gasteiger partial charge in [-0.15, -0.1) is 6.42 Å². The molecule has 0 spiro atoms. The lowest BCUT2D eigenvalue weighted by molar-refractivity contribution is -0.131. The summed E-state index contributed by atoms with van der Waals surface area (Å²) >= 11 is 0. The SMILES string of the molecule is C#CC(CC)NCCC(=O)N1CCCCC1. The maximum Gasteiger partial charge on any atom is 0.223 e. The summed E-state index contributed by atoms with van der Waals surface area (Å²) in [5.74, 6) is 2.93. The van der Waals surface area contributed by atoms with Gasteiger partial charge in [0.1, 0.15) is 0 Å². The number of terminal acetylenes is 1. The van der Waals surface area contributed by atoms with Crippen molar-refractivity contribution in [3.8, 4) is 12.3 Å². The summed E-state index contributed by atoms with van der Waals surface area (Å²) < 4.78 is 0. The molecule has 1 N–H and O–H groups in total. The number of amides is 1. The predicted molar refractivity (Wildman–Crippen MR) is 66.0 cm³/mol. The third kappa shape index (κ3) is 4.24. The third-order valence-electron chi connectivity index (χ3n) is 3.05. The van der Waals surface area contributed by atoms with Gasteiger partial charge in [0.2, 0.25) is 5.91 Å². The van der Waals surface area contributed by atoms with Crippen LogP contribution < -0.4 is 5.32 Å². The smallest absolute Gasteiger partial charge is 0.223 e. The van der Waals surface area contributed by atoms with Gasteiger partial charge in [-0.3, -0.25) is 4.79 Å². The molecule has 1 unspecified atom stereocenters. The maximum atomic E-state index is 11.8. The number of carbonyl (C=O) groups excluding carboxylic acids is 1. The van der Waals surface area contributed by atoms with E-state index in [4.69, 9.17) is 6.42 Å². The fourth-order valence-corrected chi connectivity index (χ4v) is 1.98. The summed E-state index contributed by atoms with van der Waals surface area (Å²) in [6.07, 6.45) is 10.4. The number of hydrogen-bond acceptors (Lipinski definition) is 2. The Morgan fingerprint density at radius 2 is 2.12 bits per heavy atom. The van der Waals surface area contributed by atoms with E-state index in [1.165, 1.54) is 6.42 Å². The first-order chi connectivity index (χ1) is 7.77. The molecule has 0 saturated carbocycles. The first-order valence-corrected chi connectivity index (χ1v) is 6.25. The first kappa shape index (κ1) is 13.1. The molecule has 1 amide bonds. The number of likely N-dealkylation sites (tertiary alicyclic amines) is 1. The zero-order valence-corrected chi connectivity index (χ0v) is 10.2. The van der Waals surface area contributed by atoms with E-state index in [1.54, 1.807) is 0 Å². The number of nitrogens with one attached hydrogen (secondary N) is 1. The van der Waals surface area contributed by atoms with E-state index in [0.717, 1.165) is 32.4 Å². The largest absolute Gasteiger partial charge is 0.343 e. The zero-order chi connectivity index (χ0) is 11.8. The summed E-state index contributed by atoms with van der Waals surface area (Å²) in [4.78, 5) is 13.8. The fourth-order valence-electron chi connectivity index (χ4n) is 1.98. The van der Waals surface area contributed by atoms with Crippen molar-refractivity contribution < 1.29 is 4.79 Å². The van der Waals surface area contributed by atoms with Crippen molar-refractivity contribution in [2.45, 2.75) is 45.1 Å². The molecular weight excluding hydrogens is 200 g/mol. The van der Waals surface area contributed by atoms with E-state index in [9.17, 15) is 4.79 Å². The second-order valence-corrected chi connectivity index (χ2v) is 4.27. The van der Waals surface area contributed by atoms with Gasteiger partial charge in [-0.1, -0.05) is 12.8 Å². The average molecular weight is 222 g/mol. The monoisotopic (exact) mass is 222 g/mol. The molecule has 1 aliphatic rings. The summed E-state index contributed by atoms with van der Waals surface area (Å²) in [5, 5.41) is 3.21. The van der Waals surface area contributed by atoms with Gasteiger partial charge in [0, 0.05) is 26.1 Å². The first-order valence-electron chi connectivity index (χ1n) is 6.25. The Morgan fingerprint density at radius 1 is 1.44 bits per heavy atom. The van der Waals surface area contributed by atoms with Gasteiger partial charge >= 0.3 is 0 Å². The normalized spacial score (nSPS) is 17.9. The highest BCUT2D eigenvalue weighted by Crippen LogP contribution is 2.09. The molecule has 1 heterocycles. The van der Waals surface area contributed by atoms with Gasteiger partial charge in [-0.2, -0.15) is 0 Å². The van der Waals surface area contributed by atoms with Crippen LogP contribution in [0.25, 0.3) is 0 Å². The van der Waals surface area contributed by atoms with Gasteiger partial charge in [-0.05, 0) is 25.7 Å². The van der Waals surface area contributed by atoms with E-state index in [0.29, 0.717) is 13.0 Å². The van der Waals surface area contributed by atoms with Crippen molar-refractivity contribution in [3.05, 3.63) is 0 Å². The van der Waals surface area contributed by atoms with Crippen LogP contribution in [-0.2, 0) is 4.79 Å². The van der Waals surface area contributed by atoms with E-state index < -0.39 is 0 Å². The van der Waals surface area contributed by atoms with Crippen LogP contribution in [0.3, 0.4) is 0 Å². The molecule has 0 aromatic carbocycles. The minimum Gasteiger partial charge on any atom is -0.343 e. The van der Waals surface area contributed by atoms with Gasteiger partial charge in [0.25, 0.3) is 0 Å². The highest BCUT2D eigenvalue weighted by molar-refractivity contribution is 5.76. The van der Waals surface area contributed by atoms with Crippen LogP contribution in [0.4, 0.5) is 0 Å². The summed E-state index contributed by atoms with van der Waals surface area (Å²) in [6, 6.07) is 0.106. The molecule has 1 fully saturated rings. The van der Waals surface area contributed by atoms with Gasteiger partial charge in [0.05, 0.1) is 6.04 Å². The topological polar surface area (TPSA) is 32.3 Å². The predicted octanol–water partition coefficient (Wildman–Crippen LogP) is 1.39. The Morgan fingerprint density at radius 3 is 2.69 bits per heavy atom. The molecule has 1 rings (SSSR count). The van der Waals surface area contributed by atoms with Crippen molar-refractivity contribution in [1.82, 2.24) is 10.2 Å². The molecule has 3 heteroatoms. The number of carbonyl (C=O) groups is 1. The van der Waals surface area contributed by atoms with Crippen molar-refractivity contribution in [2.75, 3.05) is 19.6 Å². The Labute approximate surface area is 98.6 Å². The van der Waals surface area contributed by atoms with Crippen molar-refractivity contribution >= 4 is 5.91 Å².